The molecule has 2 unspecified atom stereocenters. The molecule has 7 nitrogen and oxygen atoms in total. The summed E-state index contributed by atoms with van der Waals surface area (Å²) in [6, 6.07) is 6.70. The Bertz CT molecular complexity index is 698. The normalized spacial score (nSPS) is 21.8. The number of piperidine rings is 1. The van der Waals surface area contributed by atoms with Gasteiger partial charge in [0.25, 0.3) is 5.69 Å². The zero-order chi connectivity index (χ0) is 17.1. The Morgan fingerprint density at radius 2 is 2.12 bits per heavy atom. The molecule has 128 valence electrons. The number of aliphatic hydroxyl groups is 1. The molecule has 0 radical (unpaired) electrons. The van der Waals surface area contributed by atoms with Crippen LogP contribution in [0.3, 0.4) is 0 Å². The van der Waals surface area contributed by atoms with Gasteiger partial charge in [-0.15, -0.1) is 0 Å². The maximum Gasteiger partial charge on any atom is 0.269 e. The van der Waals surface area contributed by atoms with Crippen molar-refractivity contribution < 1.29 is 14.4 Å². The summed E-state index contributed by atoms with van der Waals surface area (Å²) in [5, 5.41) is 20.3. The summed E-state index contributed by atoms with van der Waals surface area (Å²) < 4.78 is 5.53. The number of benzene rings is 1. The van der Waals surface area contributed by atoms with E-state index >= 15 is 0 Å². The lowest BCUT2D eigenvalue weighted by atomic mass is 9.97. The molecule has 2 atom stereocenters. The number of hydrogen-bond donors (Lipinski definition) is 1. The van der Waals surface area contributed by atoms with Crippen LogP contribution < -0.4 is 0 Å². The lowest BCUT2D eigenvalue weighted by Gasteiger charge is -2.39. The van der Waals surface area contributed by atoms with Crippen molar-refractivity contribution in [1.82, 2.24) is 9.88 Å². The van der Waals surface area contributed by atoms with E-state index in [2.05, 4.69) is 16.8 Å². The number of aliphatic hydroxyl groups excluding tert-OH is 1. The number of nitro groups is 1. The summed E-state index contributed by atoms with van der Waals surface area (Å²) in [6.45, 7) is 2.94. The molecule has 1 fully saturated rings. The first-order valence-corrected chi connectivity index (χ1v) is 8.14. The van der Waals surface area contributed by atoms with Crippen molar-refractivity contribution >= 4 is 5.69 Å². The molecule has 7 heteroatoms. The molecule has 1 saturated heterocycles. The summed E-state index contributed by atoms with van der Waals surface area (Å²) in [5.74, 6) is 0.449. The number of non-ortho nitro benzene ring substituents is 1. The van der Waals surface area contributed by atoms with Crippen molar-refractivity contribution in [2.24, 2.45) is 0 Å². The SMILES string of the molecule is CC1CCCC(CO)N1Cc1coc(-c2ccc([N+](=O)[O-])cc2)n1. The lowest BCUT2D eigenvalue weighted by Crippen LogP contribution is -2.46. The Labute approximate surface area is 140 Å². The topological polar surface area (TPSA) is 92.6 Å². The third-order valence-electron chi connectivity index (χ3n) is 4.63. The maximum absolute atomic E-state index is 10.7. The number of oxazole rings is 1. The van der Waals surface area contributed by atoms with Gasteiger partial charge in [0.1, 0.15) is 6.26 Å². The molecule has 1 aromatic heterocycles. The van der Waals surface area contributed by atoms with Crippen molar-refractivity contribution in [1.29, 1.82) is 0 Å². The highest BCUT2D eigenvalue weighted by molar-refractivity contribution is 5.55. The molecule has 0 saturated carbocycles. The van der Waals surface area contributed by atoms with E-state index in [0.29, 0.717) is 24.0 Å². The first-order chi connectivity index (χ1) is 11.6. The highest BCUT2D eigenvalue weighted by atomic mass is 16.6. The molecule has 2 aromatic rings. The van der Waals surface area contributed by atoms with E-state index in [0.717, 1.165) is 25.0 Å². The minimum absolute atomic E-state index is 0.0402. The standard InChI is InChI=1S/C17H21N3O4/c1-12-3-2-4-16(10-21)19(12)9-14-11-24-17(18-14)13-5-7-15(8-6-13)20(22)23/h5-8,11-12,16,21H,2-4,9-10H2,1H3. The van der Waals surface area contributed by atoms with Gasteiger partial charge in [0.2, 0.25) is 5.89 Å². The van der Waals surface area contributed by atoms with E-state index in [1.807, 2.05) is 0 Å². The average Bonchev–Trinajstić information content (AvgIpc) is 3.05. The van der Waals surface area contributed by atoms with Crippen molar-refractivity contribution in [3.8, 4) is 11.5 Å². The van der Waals surface area contributed by atoms with Gasteiger partial charge in [-0.2, -0.15) is 0 Å². The number of aromatic nitrogens is 1. The summed E-state index contributed by atoms with van der Waals surface area (Å²) in [4.78, 5) is 17.0. The number of nitro benzene ring substituents is 1. The Hall–Kier alpha value is -2.25. The molecule has 1 aromatic carbocycles. The smallest absolute Gasteiger partial charge is 0.269 e. The van der Waals surface area contributed by atoms with Gasteiger partial charge < -0.3 is 9.52 Å². The Morgan fingerprint density at radius 1 is 1.38 bits per heavy atom. The first-order valence-electron chi connectivity index (χ1n) is 8.14. The maximum atomic E-state index is 10.7. The number of hydrogen-bond acceptors (Lipinski definition) is 6. The third-order valence-corrected chi connectivity index (χ3v) is 4.63. The van der Waals surface area contributed by atoms with Gasteiger partial charge in [-0.1, -0.05) is 6.42 Å². The van der Waals surface area contributed by atoms with Gasteiger partial charge >= 0.3 is 0 Å². The van der Waals surface area contributed by atoms with Crippen LogP contribution >= 0.6 is 0 Å². The van der Waals surface area contributed by atoms with Gasteiger partial charge in [0.15, 0.2) is 0 Å². The minimum atomic E-state index is -0.433. The van der Waals surface area contributed by atoms with Gasteiger partial charge in [-0.05, 0) is 31.9 Å². The third kappa shape index (κ3) is 3.47. The molecule has 3 rings (SSSR count). The Morgan fingerprint density at radius 3 is 2.79 bits per heavy atom. The number of nitrogens with zero attached hydrogens (tertiary/aromatic N) is 3. The molecule has 1 aliphatic rings. The van der Waals surface area contributed by atoms with E-state index in [-0.39, 0.29) is 18.3 Å². The van der Waals surface area contributed by atoms with Crippen LogP contribution in [-0.4, -0.2) is 38.6 Å². The van der Waals surface area contributed by atoms with Crippen molar-refractivity contribution in [3.63, 3.8) is 0 Å². The number of rotatable bonds is 5. The minimum Gasteiger partial charge on any atom is -0.444 e. The summed E-state index contributed by atoms with van der Waals surface area (Å²) >= 11 is 0. The van der Waals surface area contributed by atoms with E-state index < -0.39 is 4.92 Å². The fourth-order valence-corrected chi connectivity index (χ4v) is 3.25. The van der Waals surface area contributed by atoms with Crippen molar-refractivity contribution in [2.45, 2.75) is 44.8 Å². The van der Waals surface area contributed by atoms with E-state index in [1.165, 1.54) is 12.1 Å². The monoisotopic (exact) mass is 331 g/mol. The summed E-state index contributed by atoms with van der Waals surface area (Å²) in [7, 11) is 0. The summed E-state index contributed by atoms with van der Waals surface area (Å²) in [6.07, 6.45) is 4.86. The van der Waals surface area contributed by atoms with Crippen LogP contribution in [0, 0.1) is 10.1 Å². The van der Waals surface area contributed by atoms with E-state index in [1.54, 1.807) is 18.4 Å². The fraction of sp³-hybridized carbons (Fsp3) is 0.471. The summed E-state index contributed by atoms with van der Waals surface area (Å²) in [5.41, 5.74) is 1.55. The van der Waals surface area contributed by atoms with Crippen LogP contribution in [0.4, 0.5) is 5.69 Å². The molecule has 1 aliphatic heterocycles. The zero-order valence-electron chi connectivity index (χ0n) is 13.6. The van der Waals surface area contributed by atoms with Crippen LogP contribution in [0.2, 0.25) is 0 Å². The van der Waals surface area contributed by atoms with Gasteiger partial charge in [-0.3, -0.25) is 15.0 Å². The van der Waals surface area contributed by atoms with Crippen LogP contribution in [0.25, 0.3) is 11.5 Å². The largest absolute Gasteiger partial charge is 0.444 e. The van der Waals surface area contributed by atoms with Crippen LogP contribution in [0.15, 0.2) is 34.9 Å². The number of likely N-dealkylation sites (tertiary alicyclic amines) is 1. The molecule has 24 heavy (non-hydrogen) atoms. The second-order valence-electron chi connectivity index (χ2n) is 6.24. The molecule has 0 bridgehead atoms. The Kier molecular flexibility index (Phi) is 4.92. The lowest BCUT2D eigenvalue weighted by molar-refractivity contribution is -0.384. The second-order valence-corrected chi connectivity index (χ2v) is 6.24. The van der Waals surface area contributed by atoms with Gasteiger partial charge in [0, 0.05) is 36.3 Å². The average molecular weight is 331 g/mol. The molecular weight excluding hydrogens is 310 g/mol. The highest BCUT2D eigenvalue weighted by Gasteiger charge is 2.28. The van der Waals surface area contributed by atoms with E-state index in [9.17, 15) is 15.2 Å². The first kappa shape index (κ1) is 16.6. The van der Waals surface area contributed by atoms with Crippen molar-refractivity contribution in [2.75, 3.05) is 6.61 Å². The molecule has 0 amide bonds. The Balaban J connectivity index is 1.74. The van der Waals surface area contributed by atoms with Crippen LogP contribution in [0.1, 0.15) is 31.9 Å². The second kappa shape index (κ2) is 7.11. The fourth-order valence-electron chi connectivity index (χ4n) is 3.25. The van der Waals surface area contributed by atoms with Crippen molar-refractivity contribution in [3.05, 3.63) is 46.3 Å². The predicted octanol–water partition coefficient (Wildman–Crippen LogP) is 2.99. The quantitative estimate of drug-likeness (QED) is 0.669. The molecule has 2 heterocycles. The van der Waals surface area contributed by atoms with Gasteiger partial charge in [0.05, 0.1) is 17.2 Å². The van der Waals surface area contributed by atoms with E-state index in [4.69, 9.17) is 4.42 Å². The predicted molar refractivity (Wildman–Crippen MR) is 88.3 cm³/mol. The molecule has 0 aliphatic carbocycles. The molecule has 0 spiro atoms. The highest BCUT2D eigenvalue weighted by Crippen LogP contribution is 2.26. The zero-order valence-corrected chi connectivity index (χ0v) is 13.6. The van der Waals surface area contributed by atoms with Crippen LogP contribution in [-0.2, 0) is 6.54 Å². The van der Waals surface area contributed by atoms with Gasteiger partial charge in [-0.25, -0.2) is 4.98 Å². The molecule has 1 N–H and O–H groups in total. The molecular formula is C17H21N3O4. The van der Waals surface area contributed by atoms with Crippen LogP contribution in [0.5, 0.6) is 0 Å².